The molecular formula is C10H22O. The minimum Gasteiger partial charge on any atom is -0.396 e. The molecule has 68 valence electrons. The van der Waals surface area contributed by atoms with E-state index in [9.17, 15) is 5.11 Å². The van der Waals surface area contributed by atoms with Crippen molar-refractivity contribution in [1.29, 1.82) is 0 Å². The monoisotopic (exact) mass is 158 g/mol. The van der Waals surface area contributed by atoms with Crippen LogP contribution in [0.2, 0.25) is 0 Å². The molecular weight excluding hydrogens is 136 g/mol. The molecule has 0 aliphatic rings. The van der Waals surface area contributed by atoms with E-state index in [0.29, 0.717) is 18.4 Å². The second-order valence-corrected chi connectivity index (χ2v) is 4.20. The summed E-state index contributed by atoms with van der Waals surface area (Å²) >= 11 is 0. The maximum atomic E-state index is 9.20. The van der Waals surface area contributed by atoms with Gasteiger partial charge in [-0.1, -0.05) is 34.6 Å². The van der Waals surface area contributed by atoms with Crippen LogP contribution in [0, 0.1) is 17.3 Å². The highest BCUT2D eigenvalue weighted by molar-refractivity contribution is 4.79. The first-order valence-electron chi connectivity index (χ1n) is 4.58. The SMILES string of the molecule is CCC(C)(CO)C(C)C(C)C. The van der Waals surface area contributed by atoms with E-state index in [1.54, 1.807) is 0 Å². The van der Waals surface area contributed by atoms with Crippen molar-refractivity contribution in [3.8, 4) is 0 Å². The summed E-state index contributed by atoms with van der Waals surface area (Å²) < 4.78 is 0. The van der Waals surface area contributed by atoms with Crippen molar-refractivity contribution in [1.82, 2.24) is 0 Å². The summed E-state index contributed by atoms with van der Waals surface area (Å²) in [6.45, 7) is 11.3. The molecule has 0 aromatic carbocycles. The Bertz CT molecular complexity index is 103. The van der Waals surface area contributed by atoms with E-state index in [4.69, 9.17) is 0 Å². The largest absolute Gasteiger partial charge is 0.396 e. The van der Waals surface area contributed by atoms with Gasteiger partial charge in [0, 0.05) is 6.61 Å². The van der Waals surface area contributed by atoms with Gasteiger partial charge in [0.25, 0.3) is 0 Å². The second-order valence-electron chi connectivity index (χ2n) is 4.20. The molecule has 0 saturated heterocycles. The fraction of sp³-hybridized carbons (Fsp3) is 1.00. The first-order valence-corrected chi connectivity index (χ1v) is 4.58. The third kappa shape index (κ3) is 2.48. The lowest BCUT2D eigenvalue weighted by Gasteiger charge is -2.35. The maximum Gasteiger partial charge on any atom is 0.0487 e. The smallest absolute Gasteiger partial charge is 0.0487 e. The minimum atomic E-state index is 0.119. The quantitative estimate of drug-likeness (QED) is 0.667. The van der Waals surface area contributed by atoms with Crippen LogP contribution >= 0.6 is 0 Å². The molecule has 1 heteroatoms. The third-order valence-electron chi connectivity index (χ3n) is 3.27. The summed E-state index contributed by atoms with van der Waals surface area (Å²) in [4.78, 5) is 0. The second kappa shape index (κ2) is 4.10. The molecule has 1 nitrogen and oxygen atoms in total. The van der Waals surface area contributed by atoms with Gasteiger partial charge in [0.05, 0.1) is 0 Å². The van der Waals surface area contributed by atoms with Crippen molar-refractivity contribution in [2.24, 2.45) is 17.3 Å². The summed E-state index contributed by atoms with van der Waals surface area (Å²) in [6, 6.07) is 0. The molecule has 0 aromatic rings. The summed E-state index contributed by atoms with van der Waals surface area (Å²) in [5.41, 5.74) is 0.119. The predicted molar refractivity (Wildman–Crippen MR) is 49.5 cm³/mol. The van der Waals surface area contributed by atoms with Crippen molar-refractivity contribution in [3.05, 3.63) is 0 Å². The zero-order valence-electron chi connectivity index (χ0n) is 8.52. The van der Waals surface area contributed by atoms with Gasteiger partial charge in [0.2, 0.25) is 0 Å². The molecule has 0 heterocycles. The summed E-state index contributed by atoms with van der Waals surface area (Å²) in [5.74, 6) is 1.25. The van der Waals surface area contributed by atoms with Gasteiger partial charge in [-0.15, -0.1) is 0 Å². The number of aliphatic hydroxyl groups excluding tert-OH is 1. The van der Waals surface area contributed by atoms with Gasteiger partial charge in [0.1, 0.15) is 0 Å². The molecule has 0 radical (unpaired) electrons. The normalized spacial score (nSPS) is 19.9. The lowest BCUT2D eigenvalue weighted by Crippen LogP contribution is -2.31. The van der Waals surface area contributed by atoms with E-state index in [1.165, 1.54) is 0 Å². The van der Waals surface area contributed by atoms with Crippen LogP contribution in [0.1, 0.15) is 41.0 Å². The van der Waals surface area contributed by atoms with Crippen LogP contribution in [0.3, 0.4) is 0 Å². The lowest BCUT2D eigenvalue weighted by atomic mass is 9.71. The van der Waals surface area contributed by atoms with Gasteiger partial charge in [0.15, 0.2) is 0 Å². The summed E-state index contributed by atoms with van der Waals surface area (Å²) in [5, 5.41) is 9.20. The third-order valence-corrected chi connectivity index (χ3v) is 3.27. The minimum absolute atomic E-state index is 0.119. The summed E-state index contributed by atoms with van der Waals surface area (Å²) in [6.07, 6.45) is 1.06. The molecule has 0 saturated carbocycles. The number of aliphatic hydroxyl groups is 1. The number of hydrogen-bond acceptors (Lipinski definition) is 1. The zero-order chi connectivity index (χ0) is 9.07. The lowest BCUT2D eigenvalue weighted by molar-refractivity contribution is 0.0589. The first kappa shape index (κ1) is 11.0. The van der Waals surface area contributed by atoms with Crippen LogP contribution in [0.25, 0.3) is 0 Å². The Morgan fingerprint density at radius 1 is 1.27 bits per heavy atom. The molecule has 0 aliphatic carbocycles. The highest BCUT2D eigenvalue weighted by Crippen LogP contribution is 2.34. The van der Waals surface area contributed by atoms with Crippen molar-refractivity contribution in [2.75, 3.05) is 6.61 Å². The fourth-order valence-electron chi connectivity index (χ4n) is 1.38. The maximum absolute atomic E-state index is 9.20. The van der Waals surface area contributed by atoms with Gasteiger partial charge in [-0.05, 0) is 23.7 Å². The Morgan fingerprint density at radius 3 is 1.82 bits per heavy atom. The summed E-state index contributed by atoms with van der Waals surface area (Å²) in [7, 11) is 0. The topological polar surface area (TPSA) is 20.2 Å². The van der Waals surface area contributed by atoms with E-state index in [2.05, 4.69) is 34.6 Å². The number of hydrogen-bond donors (Lipinski definition) is 1. The molecule has 0 bridgehead atoms. The zero-order valence-corrected chi connectivity index (χ0v) is 8.52. The highest BCUT2D eigenvalue weighted by atomic mass is 16.3. The Labute approximate surface area is 70.8 Å². The Balaban J connectivity index is 4.24. The molecule has 1 N–H and O–H groups in total. The van der Waals surface area contributed by atoms with E-state index < -0.39 is 0 Å². The average molecular weight is 158 g/mol. The molecule has 0 spiro atoms. The van der Waals surface area contributed by atoms with Gasteiger partial charge >= 0.3 is 0 Å². The van der Waals surface area contributed by atoms with Crippen molar-refractivity contribution < 1.29 is 5.11 Å². The van der Waals surface area contributed by atoms with Crippen LogP contribution in [-0.2, 0) is 0 Å². The van der Waals surface area contributed by atoms with E-state index in [0.717, 1.165) is 6.42 Å². The van der Waals surface area contributed by atoms with Crippen LogP contribution < -0.4 is 0 Å². The van der Waals surface area contributed by atoms with Gasteiger partial charge in [-0.2, -0.15) is 0 Å². The first-order chi connectivity index (χ1) is 4.98. The van der Waals surface area contributed by atoms with Crippen LogP contribution in [-0.4, -0.2) is 11.7 Å². The van der Waals surface area contributed by atoms with Gasteiger partial charge < -0.3 is 5.11 Å². The highest BCUT2D eigenvalue weighted by Gasteiger charge is 2.30. The van der Waals surface area contributed by atoms with E-state index in [1.807, 2.05) is 0 Å². The molecule has 2 atom stereocenters. The molecule has 11 heavy (non-hydrogen) atoms. The molecule has 0 rings (SSSR count). The van der Waals surface area contributed by atoms with Gasteiger partial charge in [-0.3, -0.25) is 0 Å². The van der Waals surface area contributed by atoms with Crippen LogP contribution in [0.15, 0.2) is 0 Å². The Morgan fingerprint density at radius 2 is 1.73 bits per heavy atom. The van der Waals surface area contributed by atoms with Crippen molar-refractivity contribution in [2.45, 2.75) is 41.0 Å². The Hall–Kier alpha value is -0.0400. The molecule has 0 fully saturated rings. The molecule has 2 unspecified atom stereocenters. The average Bonchev–Trinajstić information content (AvgIpc) is 2.01. The molecule has 0 aliphatic heterocycles. The van der Waals surface area contributed by atoms with Crippen LogP contribution in [0.5, 0.6) is 0 Å². The van der Waals surface area contributed by atoms with Gasteiger partial charge in [-0.25, -0.2) is 0 Å². The predicted octanol–water partition coefficient (Wildman–Crippen LogP) is 2.69. The Kier molecular flexibility index (Phi) is 4.09. The molecule has 0 aromatic heterocycles. The van der Waals surface area contributed by atoms with Crippen molar-refractivity contribution in [3.63, 3.8) is 0 Å². The fourth-order valence-corrected chi connectivity index (χ4v) is 1.38. The standard InChI is InChI=1S/C10H22O/c1-6-10(5,7-11)9(4)8(2)3/h8-9,11H,6-7H2,1-5H3. The van der Waals surface area contributed by atoms with E-state index >= 15 is 0 Å². The van der Waals surface area contributed by atoms with Crippen molar-refractivity contribution >= 4 is 0 Å². The van der Waals surface area contributed by atoms with Crippen LogP contribution in [0.4, 0.5) is 0 Å². The molecule has 0 amide bonds. The van der Waals surface area contributed by atoms with E-state index in [-0.39, 0.29) is 5.41 Å². The number of rotatable bonds is 4.